The van der Waals surface area contributed by atoms with Gasteiger partial charge in [0.15, 0.2) is 5.76 Å². The summed E-state index contributed by atoms with van der Waals surface area (Å²) in [5.41, 5.74) is 0. The summed E-state index contributed by atoms with van der Waals surface area (Å²) in [6.07, 6.45) is 3.95. The number of halogens is 2. The number of nitrogens with one attached hydrogen (secondary N) is 2. The highest BCUT2D eigenvalue weighted by Crippen LogP contribution is 2.21. The van der Waals surface area contributed by atoms with Crippen LogP contribution in [0.5, 0.6) is 0 Å². The van der Waals surface area contributed by atoms with Gasteiger partial charge in [-0.1, -0.05) is 18.7 Å². The maximum absolute atomic E-state index is 12.1. The molecule has 1 unspecified atom stereocenters. The van der Waals surface area contributed by atoms with E-state index in [2.05, 4.69) is 15.3 Å². The van der Waals surface area contributed by atoms with Crippen LogP contribution in [0, 0.1) is 0 Å². The lowest BCUT2D eigenvalue weighted by molar-refractivity contribution is 0.0904. The Bertz CT molecular complexity index is 572. The van der Waals surface area contributed by atoms with Gasteiger partial charge < -0.3 is 14.7 Å². The summed E-state index contributed by atoms with van der Waals surface area (Å²) in [5, 5.41) is 2.78. The number of hydrogen-bond donors (Lipinski definition) is 2. The zero-order chi connectivity index (χ0) is 15.2. The number of amides is 1. The van der Waals surface area contributed by atoms with E-state index in [1.165, 1.54) is 12.1 Å². The third-order valence-electron chi connectivity index (χ3n) is 2.80. The van der Waals surface area contributed by atoms with Crippen molar-refractivity contribution in [3.8, 4) is 0 Å². The standard InChI is InChI=1S/C13H15F2N3O2S/c1-2-9(11-16-5-6-17-11)18-12(19)10-4-3-8(20-10)7-21-13(14)15/h3-6,9,13H,2,7H2,1H3,(H,16,17)(H,18,19). The molecule has 0 saturated heterocycles. The summed E-state index contributed by atoms with van der Waals surface area (Å²) in [6, 6.07) is 2.75. The van der Waals surface area contributed by atoms with Gasteiger partial charge in [-0.2, -0.15) is 8.78 Å². The predicted octanol–water partition coefficient (Wildman–Crippen LogP) is 3.34. The minimum Gasteiger partial charge on any atom is -0.455 e. The summed E-state index contributed by atoms with van der Waals surface area (Å²) in [7, 11) is 0. The van der Waals surface area contributed by atoms with Crippen molar-refractivity contribution in [1.82, 2.24) is 15.3 Å². The molecule has 1 atom stereocenters. The van der Waals surface area contributed by atoms with Crippen LogP contribution in [-0.2, 0) is 5.75 Å². The second-order valence-corrected chi connectivity index (χ2v) is 5.22. The molecule has 0 aromatic carbocycles. The molecule has 0 saturated carbocycles. The number of hydrogen-bond acceptors (Lipinski definition) is 4. The fraction of sp³-hybridized carbons (Fsp3) is 0.385. The fourth-order valence-electron chi connectivity index (χ4n) is 1.78. The van der Waals surface area contributed by atoms with Gasteiger partial charge in [-0.05, 0) is 18.6 Å². The number of carbonyl (C=O) groups is 1. The highest BCUT2D eigenvalue weighted by atomic mass is 32.2. The van der Waals surface area contributed by atoms with Crippen molar-refractivity contribution < 1.29 is 18.0 Å². The molecule has 0 radical (unpaired) electrons. The van der Waals surface area contributed by atoms with Gasteiger partial charge in [-0.25, -0.2) is 4.98 Å². The molecule has 2 N–H and O–H groups in total. The number of imidazole rings is 1. The molecule has 0 aliphatic rings. The SMILES string of the molecule is CCC(NC(=O)c1ccc(CSC(F)F)o1)c1ncc[nH]1. The fourth-order valence-corrected chi connectivity index (χ4v) is 2.23. The third kappa shape index (κ3) is 4.32. The number of carbonyl (C=O) groups excluding carboxylic acids is 1. The second-order valence-electron chi connectivity index (χ2n) is 4.25. The van der Waals surface area contributed by atoms with Crippen molar-refractivity contribution in [3.63, 3.8) is 0 Å². The van der Waals surface area contributed by atoms with Crippen molar-refractivity contribution in [2.24, 2.45) is 0 Å². The number of aromatic nitrogens is 2. The van der Waals surface area contributed by atoms with Crippen LogP contribution in [-0.4, -0.2) is 21.6 Å². The van der Waals surface area contributed by atoms with E-state index in [0.717, 1.165) is 0 Å². The van der Waals surface area contributed by atoms with E-state index in [1.807, 2.05) is 6.92 Å². The van der Waals surface area contributed by atoms with E-state index in [9.17, 15) is 13.6 Å². The highest BCUT2D eigenvalue weighted by molar-refractivity contribution is 7.98. The molecule has 21 heavy (non-hydrogen) atoms. The summed E-state index contributed by atoms with van der Waals surface area (Å²) >= 11 is 0.452. The van der Waals surface area contributed by atoms with E-state index >= 15 is 0 Å². The lowest BCUT2D eigenvalue weighted by atomic mass is 10.2. The van der Waals surface area contributed by atoms with E-state index in [1.54, 1.807) is 12.4 Å². The number of alkyl halides is 2. The maximum atomic E-state index is 12.1. The normalized spacial score (nSPS) is 12.6. The summed E-state index contributed by atoms with van der Waals surface area (Å²) in [6.45, 7) is 1.92. The molecule has 5 nitrogen and oxygen atoms in total. The number of thioether (sulfide) groups is 1. The average molecular weight is 315 g/mol. The number of aromatic amines is 1. The first-order valence-electron chi connectivity index (χ1n) is 6.38. The van der Waals surface area contributed by atoms with Gasteiger partial charge in [0.1, 0.15) is 11.6 Å². The lowest BCUT2D eigenvalue weighted by Crippen LogP contribution is -2.28. The van der Waals surface area contributed by atoms with Crippen LogP contribution in [0.4, 0.5) is 8.78 Å². The molecule has 8 heteroatoms. The van der Waals surface area contributed by atoms with Gasteiger partial charge in [-0.15, -0.1) is 0 Å². The number of nitrogens with zero attached hydrogens (tertiary/aromatic N) is 1. The Kier molecular flexibility index (Phi) is 5.38. The van der Waals surface area contributed by atoms with Crippen LogP contribution < -0.4 is 5.32 Å². The van der Waals surface area contributed by atoms with Gasteiger partial charge in [0.25, 0.3) is 11.7 Å². The molecule has 2 rings (SSSR count). The minimum absolute atomic E-state index is 0.0281. The largest absolute Gasteiger partial charge is 0.455 e. The number of H-pyrrole nitrogens is 1. The van der Waals surface area contributed by atoms with Gasteiger partial charge in [0.2, 0.25) is 0 Å². The number of rotatable bonds is 7. The van der Waals surface area contributed by atoms with Crippen LogP contribution in [0.3, 0.4) is 0 Å². The highest BCUT2D eigenvalue weighted by Gasteiger charge is 2.18. The smallest absolute Gasteiger partial charge is 0.287 e. The third-order valence-corrected chi connectivity index (χ3v) is 3.50. The van der Waals surface area contributed by atoms with E-state index < -0.39 is 11.7 Å². The first kappa shape index (κ1) is 15.6. The molecule has 2 aromatic rings. The summed E-state index contributed by atoms with van der Waals surface area (Å²) < 4.78 is 29.4. The van der Waals surface area contributed by atoms with Crippen molar-refractivity contribution in [3.05, 3.63) is 41.9 Å². The molecule has 2 heterocycles. The first-order chi connectivity index (χ1) is 10.1. The quantitative estimate of drug-likeness (QED) is 0.822. The molecule has 0 spiro atoms. The Balaban J connectivity index is 1.96. The van der Waals surface area contributed by atoms with Crippen LogP contribution in [0.15, 0.2) is 28.9 Å². The molecule has 1 amide bonds. The Morgan fingerprint density at radius 1 is 1.52 bits per heavy atom. The van der Waals surface area contributed by atoms with Crippen LogP contribution >= 0.6 is 11.8 Å². The summed E-state index contributed by atoms with van der Waals surface area (Å²) in [4.78, 5) is 19.1. The first-order valence-corrected chi connectivity index (χ1v) is 7.43. The molecular formula is C13H15F2N3O2S. The average Bonchev–Trinajstić information content (AvgIpc) is 3.13. The molecule has 0 bridgehead atoms. The van der Waals surface area contributed by atoms with E-state index in [-0.39, 0.29) is 17.6 Å². The molecule has 114 valence electrons. The maximum Gasteiger partial charge on any atom is 0.287 e. The zero-order valence-corrected chi connectivity index (χ0v) is 12.1. The monoisotopic (exact) mass is 315 g/mol. The molecule has 2 aromatic heterocycles. The van der Waals surface area contributed by atoms with Gasteiger partial charge >= 0.3 is 0 Å². The van der Waals surface area contributed by atoms with Gasteiger partial charge in [-0.3, -0.25) is 4.79 Å². The van der Waals surface area contributed by atoms with Crippen LogP contribution in [0.2, 0.25) is 0 Å². The van der Waals surface area contributed by atoms with Crippen molar-refractivity contribution >= 4 is 17.7 Å². The minimum atomic E-state index is -2.46. The van der Waals surface area contributed by atoms with Crippen molar-refractivity contribution in [2.75, 3.05) is 0 Å². The van der Waals surface area contributed by atoms with E-state index in [4.69, 9.17) is 4.42 Å². The predicted molar refractivity (Wildman–Crippen MR) is 75.1 cm³/mol. The second kappa shape index (κ2) is 7.26. The number of furan rings is 1. The zero-order valence-electron chi connectivity index (χ0n) is 11.3. The van der Waals surface area contributed by atoms with E-state index in [0.29, 0.717) is 29.8 Å². The Morgan fingerprint density at radius 2 is 2.33 bits per heavy atom. The Morgan fingerprint density at radius 3 is 2.95 bits per heavy atom. The Hall–Kier alpha value is -1.83. The lowest BCUT2D eigenvalue weighted by Gasteiger charge is -2.13. The Labute approximate surface area is 124 Å². The van der Waals surface area contributed by atoms with Gasteiger partial charge in [0, 0.05) is 12.4 Å². The van der Waals surface area contributed by atoms with Crippen LogP contribution in [0.1, 0.15) is 41.5 Å². The topological polar surface area (TPSA) is 70.9 Å². The van der Waals surface area contributed by atoms with Crippen molar-refractivity contribution in [1.29, 1.82) is 0 Å². The van der Waals surface area contributed by atoms with Gasteiger partial charge in [0.05, 0.1) is 11.8 Å². The molecule has 0 aliphatic heterocycles. The molecule has 0 fully saturated rings. The molecular weight excluding hydrogens is 300 g/mol. The van der Waals surface area contributed by atoms with Crippen LogP contribution in [0.25, 0.3) is 0 Å². The molecule has 0 aliphatic carbocycles. The summed E-state index contributed by atoms with van der Waals surface area (Å²) in [5.74, 6) is -1.73. The van der Waals surface area contributed by atoms with Crippen molar-refractivity contribution in [2.45, 2.75) is 30.9 Å².